The highest BCUT2D eigenvalue weighted by atomic mass is 32.2. The van der Waals surface area contributed by atoms with Gasteiger partial charge < -0.3 is 14.8 Å². The van der Waals surface area contributed by atoms with Crippen molar-refractivity contribution in [3.05, 3.63) is 131 Å². The molecule has 4 aromatic carbocycles. The average molecular weight is 554 g/mol. The van der Waals surface area contributed by atoms with Crippen molar-refractivity contribution in [2.24, 2.45) is 0 Å². The molecule has 0 fully saturated rings. The summed E-state index contributed by atoms with van der Waals surface area (Å²) < 4.78 is 12.4. The van der Waals surface area contributed by atoms with Crippen LogP contribution < -0.4 is 14.8 Å². The monoisotopic (exact) mass is 553 g/mol. The molecular weight excluding hydrogens is 510 g/mol. The molecule has 0 aliphatic heterocycles. The molecule has 4 heteroatoms. The van der Waals surface area contributed by atoms with Crippen molar-refractivity contribution in [1.29, 1.82) is 0 Å². The van der Waals surface area contributed by atoms with Crippen molar-refractivity contribution in [2.75, 3.05) is 24.6 Å². The van der Waals surface area contributed by atoms with E-state index in [-0.39, 0.29) is 0 Å². The Morgan fingerprint density at radius 3 is 1.75 bits per heavy atom. The van der Waals surface area contributed by atoms with Gasteiger partial charge in [0.1, 0.15) is 13.2 Å². The fraction of sp³-hybridized carbons (Fsp3) is 0.333. The Hall–Kier alpha value is -3.21. The van der Waals surface area contributed by atoms with Crippen molar-refractivity contribution < 1.29 is 9.47 Å². The predicted molar refractivity (Wildman–Crippen MR) is 171 cm³/mol. The van der Waals surface area contributed by atoms with E-state index in [9.17, 15) is 0 Å². The van der Waals surface area contributed by atoms with Crippen molar-refractivity contribution in [3.63, 3.8) is 0 Å². The van der Waals surface area contributed by atoms with Crippen LogP contribution in [0.25, 0.3) is 0 Å². The Morgan fingerprint density at radius 2 is 1.07 bits per heavy atom. The third-order valence-electron chi connectivity index (χ3n) is 6.84. The first-order chi connectivity index (χ1) is 19.9. The van der Waals surface area contributed by atoms with E-state index in [1.807, 2.05) is 36.4 Å². The van der Waals surface area contributed by atoms with Gasteiger partial charge in [0, 0.05) is 0 Å². The number of unbranched alkanes of at least 4 members (excludes halogenated alkanes) is 3. The van der Waals surface area contributed by atoms with Gasteiger partial charge in [0.2, 0.25) is 0 Å². The highest BCUT2D eigenvalue weighted by Crippen LogP contribution is 2.30. The third-order valence-corrected chi connectivity index (χ3v) is 7.91. The van der Waals surface area contributed by atoms with Crippen molar-refractivity contribution in [2.45, 2.75) is 51.7 Å². The Kier molecular flexibility index (Phi) is 13.5. The second-order valence-electron chi connectivity index (χ2n) is 10.1. The van der Waals surface area contributed by atoms with Gasteiger partial charge in [-0.25, -0.2) is 0 Å². The number of hydrogen-bond donors (Lipinski definition) is 1. The van der Waals surface area contributed by atoms with E-state index in [2.05, 4.69) is 89.9 Å². The van der Waals surface area contributed by atoms with E-state index in [0.29, 0.717) is 13.2 Å². The first kappa shape index (κ1) is 29.8. The molecule has 0 saturated carbocycles. The van der Waals surface area contributed by atoms with E-state index < -0.39 is 0 Å². The van der Waals surface area contributed by atoms with Crippen molar-refractivity contribution in [3.8, 4) is 11.5 Å². The summed E-state index contributed by atoms with van der Waals surface area (Å²) in [4.78, 5) is 0. The Labute approximate surface area is 245 Å². The highest BCUT2D eigenvalue weighted by molar-refractivity contribution is 7.99. The van der Waals surface area contributed by atoms with Gasteiger partial charge in [0.25, 0.3) is 0 Å². The van der Waals surface area contributed by atoms with E-state index in [1.165, 1.54) is 54.7 Å². The largest absolute Gasteiger partial charge is 0.485 e. The molecule has 0 radical (unpaired) electrons. The third kappa shape index (κ3) is 11.5. The van der Waals surface area contributed by atoms with Gasteiger partial charge in [0.15, 0.2) is 11.5 Å². The molecule has 0 saturated heterocycles. The Bertz CT molecular complexity index is 1200. The number of thioether (sulfide) groups is 1. The van der Waals surface area contributed by atoms with Crippen LogP contribution in [0.4, 0.5) is 0 Å². The lowest BCUT2D eigenvalue weighted by Gasteiger charge is -2.15. The summed E-state index contributed by atoms with van der Waals surface area (Å²) >= 11 is 2.09. The molecule has 4 rings (SSSR count). The zero-order valence-corrected chi connectivity index (χ0v) is 24.4. The smallest absolute Gasteiger partial charge is 0.161 e. The predicted octanol–water partition coefficient (Wildman–Crippen LogP) is 8.51. The van der Waals surface area contributed by atoms with Gasteiger partial charge in [-0.2, -0.15) is 11.8 Å². The molecule has 0 spiro atoms. The second kappa shape index (κ2) is 18.2. The maximum atomic E-state index is 6.23. The SMILES string of the molecule is c1ccc(CCSCCCCCCNCCc2ccc(OCc3ccccc3)c(OCc3ccccc3)c2)cc1. The fourth-order valence-electron chi connectivity index (χ4n) is 4.51. The molecule has 0 aromatic heterocycles. The summed E-state index contributed by atoms with van der Waals surface area (Å²) in [6.07, 6.45) is 7.35. The maximum Gasteiger partial charge on any atom is 0.161 e. The van der Waals surface area contributed by atoms with E-state index in [1.54, 1.807) is 0 Å². The van der Waals surface area contributed by atoms with Crippen LogP contribution in [0.2, 0.25) is 0 Å². The lowest BCUT2D eigenvalue weighted by Crippen LogP contribution is -2.18. The Morgan fingerprint density at radius 1 is 0.475 bits per heavy atom. The van der Waals surface area contributed by atoms with Gasteiger partial charge in [-0.15, -0.1) is 0 Å². The first-order valence-corrected chi connectivity index (χ1v) is 15.8. The molecule has 1 N–H and O–H groups in total. The van der Waals surface area contributed by atoms with Crippen molar-refractivity contribution in [1.82, 2.24) is 5.32 Å². The number of hydrogen-bond acceptors (Lipinski definition) is 4. The molecule has 0 amide bonds. The molecule has 3 nitrogen and oxygen atoms in total. The zero-order chi connectivity index (χ0) is 27.5. The molecule has 0 atom stereocenters. The number of nitrogens with one attached hydrogen (secondary N) is 1. The second-order valence-corrected chi connectivity index (χ2v) is 11.3. The normalized spacial score (nSPS) is 10.9. The number of ether oxygens (including phenoxy) is 2. The molecule has 0 aliphatic carbocycles. The Balaban J connectivity index is 1.12. The van der Waals surface area contributed by atoms with Crippen LogP contribution >= 0.6 is 11.8 Å². The molecule has 0 heterocycles. The molecule has 0 bridgehead atoms. The molecule has 4 aromatic rings. The van der Waals surface area contributed by atoms with Crippen LogP contribution in [0.1, 0.15) is 47.9 Å². The van der Waals surface area contributed by atoms with Crippen LogP contribution in [-0.4, -0.2) is 24.6 Å². The summed E-state index contributed by atoms with van der Waals surface area (Å²) in [6.45, 7) is 3.10. The van der Waals surface area contributed by atoms with Gasteiger partial charge in [0.05, 0.1) is 0 Å². The molecule has 40 heavy (non-hydrogen) atoms. The fourth-order valence-corrected chi connectivity index (χ4v) is 5.51. The van der Waals surface area contributed by atoms with E-state index >= 15 is 0 Å². The summed E-state index contributed by atoms with van der Waals surface area (Å²) in [5.74, 6) is 4.10. The van der Waals surface area contributed by atoms with Gasteiger partial charge in [-0.3, -0.25) is 0 Å². The van der Waals surface area contributed by atoms with Crippen molar-refractivity contribution >= 4 is 11.8 Å². The first-order valence-electron chi connectivity index (χ1n) is 14.7. The summed E-state index contributed by atoms with van der Waals surface area (Å²) in [7, 11) is 0. The van der Waals surface area contributed by atoms with Crippen LogP contribution in [0.15, 0.2) is 109 Å². The molecule has 0 unspecified atom stereocenters. The zero-order valence-electron chi connectivity index (χ0n) is 23.6. The minimum absolute atomic E-state index is 0.524. The molecular formula is C36H43NO2S. The summed E-state index contributed by atoms with van der Waals surface area (Å²) in [5.41, 5.74) is 5.00. The van der Waals surface area contributed by atoms with Gasteiger partial charge >= 0.3 is 0 Å². The number of aryl methyl sites for hydroxylation is 1. The maximum absolute atomic E-state index is 6.23. The van der Waals surface area contributed by atoms with Gasteiger partial charge in [-0.1, -0.05) is 110 Å². The number of benzene rings is 4. The highest BCUT2D eigenvalue weighted by Gasteiger charge is 2.08. The summed E-state index contributed by atoms with van der Waals surface area (Å²) in [5, 5.41) is 3.62. The van der Waals surface area contributed by atoms with Crippen LogP contribution in [0.3, 0.4) is 0 Å². The minimum atomic E-state index is 0.524. The standard InChI is InChI=1S/C36H43NO2S/c1(2-13-26-40-27-23-31-14-6-3-7-15-31)12-24-37-25-22-32-20-21-35(38-29-33-16-8-4-9-17-33)36(28-32)39-30-34-18-10-5-11-19-34/h3-11,14-21,28,37H,1-2,12-13,22-27,29-30H2. The summed E-state index contributed by atoms with van der Waals surface area (Å²) in [6, 6.07) is 37.7. The topological polar surface area (TPSA) is 30.5 Å². The lowest BCUT2D eigenvalue weighted by atomic mass is 10.1. The van der Waals surface area contributed by atoms with E-state index in [4.69, 9.17) is 9.47 Å². The molecule has 0 aliphatic rings. The van der Waals surface area contributed by atoms with Crippen LogP contribution in [-0.2, 0) is 26.1 Å². The quantitative estimate of drug-likeness (QED) is 0.118. The minimum Gasteiger partial charge on any atom is -0.485 e. The van der Waals surface area contributed by atoms with E-state index in [0.717, 1.165) is 42.1 Å². The van der Waals surface area contributed by atoms with Crippen LogP contribution in [0.5, 0.6) is 11.5 Å². The van der Waals surface area contributed by atoms with Gasteiger partial charge in [-0.05, 0) is 84.7 Å². The molecule has 210 valence electrons. The van der Waals surface area contributed by atoms with Crippen LogP contribution in [0, 0.1) is 0 Å². The lowest BCUT2D eigenvalue weighted by molar-refractivity contribution is 0.255. The number of rotatable bonds is 19. The average Bonchev–Trinajstić information content (AvgIpc) is 3.01.